The van der Waals surface area contributed by atoms with Crippen molar-refractivity contribution in [3.05, 3.63) is 0 Å². The van der Waals surface area contributed by atoms with Gasteiger partial charge in [0.2, 0.25) is 0 Å². The van der Waals surface area contributed by atoms with E-state index in [-0.39, 0.29) is 17.9 Å². The van der Waals surface area contributed by atoms with E-state index in [2.05, 4.69) is 22.5 Å². The first-order valence-corrected chi connectivity index (χ1v) is 8.89. The average molecular weight is 323 g/mol. The molecule has 0 aromatic heterocycles. The van der Waals surface area contributed by atoms with Crippen molar-refractivity contribution in [2.24, 2.45) is 11.8 Å². The van der Waals surface area contributed by atoms with Gasteiger partial charge in [-0.25, -0.2) is 4.79 Å². The van der Waals surface area contributed by atoms with Gasteiger partial charge in [0, 0.05) is 6.54 Å². The van der Waals surface area contributed by atoms with Crippen molar-refractivity contribution in [2.45, 2.75) is 63.5 Å². The molecule has 23 heavy (non-hydrogen) atoms. The number of imide groups is 1. The number of amides is 3. The molecule has 6 nitrogen and oxygen atoms in total. The molecule has 0 radical (unpaired) electrons. The topological polar surface area (TPSA) is 81.7 Å². The lowest BCUT2D eigenvalue weighted by Gasteiger charge is -2.43. The number of aliphatic hydroxyl groups is 1. The summed E-state index contributed by atoms with van der Waals surface area (Å²) in [5.74, 6) is 0.678. The standard InChI is InChI=1S/C17H29N3O3/c1-12-3-7-17(23,8-4-12)11-20-9-5-13(6-10-20)16(2)14(21)18-15(22)19-16/h12-13,23H,3-11H2,1-2H3,(H2,18,19,21,22). The molecule has 2 heterocycles. The predicted octanol–water partition coefficient (Wildman–Crippen LogP) is 1.24. The third kappa shape index (κ3) is 3.38. The van der Waals surface area contributed by atoms with Crippen LogP contribution in [0.25, 0.3) is 0 Å². The van der Waals surface area contributed by atoms with E-state index in [1.807, 2.05) is 6.92 Å². The minimum atomic E-state index is -0.777. The molecule has 2 saturated heterocycles. The van der Waals surface area contributed by atoms with Crippen molar-refractivity contribution in [3.8, 4) is 0 Å². The van der Waals surface area contributed by atoms with Gasteiger partial charge in [0.1, 0.15) is 5.54 Å². The van der Waals surface area contributed by atoms with Crippen molar-refractivity contribution >= 4 is 11.9 Å². The Morgan fingerprint density at radius 1 is 1.17 bits per heavy atom. The van der Waals surface area contributed by atoms with Gasteiger partial charge < -0.3 is 15.3 Å². The summed E-state index contributed by atoms with van der Waals surface area (Å²) in [4.78, 5) is 25.8. The van der Waals surface area contributed by atoms with E-state index in [1.165, 1.54) is 0 Å². The molecule has 1 atom stereocenters. The molecule has 0 aromatic carbocycles. The number of piperidine rings is 1. The number of carbonyl (C=O) groups is 2. The Kier molecular flexibility index (Phi) is 4.40. The van der Waals surface area contributed by atoms with Crippen molar-refractivity contribution in [1.29, 1.82) is 0 Å². The summed E-state index contributed by atoms with van der Waals surface area (Å²) in [7, 11) is 0. The number of rotatable bonds is 3. The number of nitrogens with zero attached hydrogens (tertiary/aromatic N) is 1. The molecule has 3 N–H and O–H groups in total. The van der Waals surface area contributed by atoms with Crippen molar-refractivity contribution in [3.63, 3.8) is 0 Å². The third-order valence-corrected chi connectivity index (χ3v) is 6.20. The fourth-order valence-corrected chi connectivity index (χ4v) is 4.39. The van der Waals surface area contributed by atoms with Crippen molar-refractivity contribution < 1.29 is 14.7 Å². The summed E-state index contributed by atoms with van der Waals surface area (Å²) in [6.07, 6.45) is 5.75. The Hall–Kier alpha value is -1.14. The second-order valence-corrected chi connectivity index (χ2v) is 8.07. The zero-order valence-corrected chi connectivity index (χ0v) is 14.2. The first kappa shape index (κ1) is 16.7. The fraction of sp³-hybridized carbons (Fsp3) is 0.882. The maximum absolute atomic E-state index is 12.0. The normalized spacial score (nSPS) is 40.0. The number of hydrogen-bond acceptors (Lipinski definition) is 4. The number of hydrogen-bond donors (Lipinski definition) is 3. The maximum Gasteiger partial charge on any atom is 0.322 e. The van der Waals surface area contributed by atoms with Gasteiger partial charge in [0.15, 0.2) is 0 Å². The lowest BCUT2D eigenvalue weighted by Crippen LogP contribution is -2.55. The average Bonchev–Trinajstić information content (AvgIpc) is 2.77. The highest BCUT2D eigenvalue weighted by atomic mass is 16.3. The molecular weight excluding hydrogens is 294 g/mol. The number of nitrogens with one attached hydrogen (secondary N) is 2. The number of urea groups is 1. The van der Waals surface area contributed by atoms with E-state index in [4.69, 9.17) is 0 Å². The minimum absolute atomic E-state index is 0.159. The highest BCUT2D eigenvalue weighted by Gasteiger charge is 2.48. The first-order chi connectivity index (χ1) is 10.8. The molecule has 0 bridgehead atoms. The summed E-state index contributed by atoms with van der Waals surface area (Å²) < 4.78 is 0. The lowest BCUT2D eigenvalue weighted by molar-refractivity contribution is -0.126. The molecule has 130 valence electrons. The van der Waals surface area contributed by atoms with Crippen molar-refractivity contribution in [1.82, 2.24) is 15.5 Å². The van der Waals surface area contributed by atoms with Gasteiger partial charge in [0.05, 0.1) is 5.60 Å². The Balaban J connectivity index is 1.53. The van der Waals surface area contributed by atoms with Crippen LogP contribution in [0.15, 0.2) is 0 Å². The zero-order valence-electron chi connectivity index (χ0n) is 14.2. The van der Waals surface area contributed by atoms with Gasteiger partial charge in [-0.15, -0.1) is 0 Å². The van der Waals surface area contributed by atoms with Crippen LogP contribution in [0.1, 0.15) is 52.4 Å². The van der Waals surface area contributed by atoms with Crippen LogP contribution in [0.2, 0.25) is 0 Å². The fourth-order valence-electron chi connectivity index (χ4n) is 4.39. The molecule has 3 amide bonds. The largest absolute Gasteiger partial charge is 0.389 e. The first-order valence-electron chi connectivity index (χ1n) is 8.89. The van der Waals surface area contributed by atoms with Crippen LogP contribution in [0, 0.1) is 11.8 Å². The molecule has 0 spiro atoms. The molecule has 2 aliphatic heterocycles. The van der Waals surface area contributed by atoms with Crippen LogP contribution >= 0.6 is 0 Å². The Bertz CT molecular complexity index is 479. The summed E-state index contributed by atoms with van der Waals surface area (Å²) in [6.45, 7) is 6.57. The van der Waals surface area contributed by atoms with Crippen molar-refractivity contribution in [2.75, 3.05) is 19.6 Å². The van der Waals surface area contributed by atoms with E-state index >= 15 is 0 Å². The maximum atomic E-state index is 12.0. The van der Waals surface area contributed by atoms with Gasteiger partial charge in [-0.2, -0.15) is 0 Å². The summed E-state index contributed by atoms with van der Waals surface area (Å²) in [6, 6.07) is -0.384. The molecule has 3 aliphatic rings. The highest BCUT2D eigenvalue weighted by molar-refractivity contribution is 6.06. The smallest absolute Gasteiger partial charge is 0.322 e. The lowest BCUT2D eigenvalue weighted by atomic mass is 9.77. The molecule has 0 aromatic rings. The predicted molar refractivity (Wildman–Crippen MR) is 86.8 cm³/mol. The van der Waals surface area contributed by atoms with E-state index in [9.17, 15) is 14.7 Å². The van der Waals surface area contributed by atoms with Gasteiger partial charge in [-0.1, -0.05) is 6.92 Å². The molecule has 3 fully saturated rings. The van der Waals surface area contributed by atoms with E-state index in [1.54, 1.807) is 0 Å². The van der Waals surface area contributed by atoms with Crippen LogP contribution in [-0.4, -0.2) is 52.7 Å². The highest BCUT2D eigenvalue weighted by Crippen LogP contribution is 2.35. The van der Waals surface area contributed by atoms with Crippen LogP contribution in [-0.2, 0) is 4.79 Å². The van der Waals surface area contributed by atoms with Crippen LogP contribution in [0.4, 0.5) is 4.79 Å². The summed E-state index contributed by atoms with van der Waals surface area (Å²) >= 11 is 0. The van der Waals surface area contributed by atoms with E-state index < -0.39 is 11.1 Å². The molecule has 3 rings (SSSR count). The number of likely N-dealkylation sites (tertiary alicyclic amines) is 1. The van der Waals surface area contributed by atoms with Crippen LogP contribution in [0.3, 0.4) is 0 Å². The monoisotopic (exact) mass is 323 g/mol. The zero-order chi connectivity index (χ0) is 16.7. The Morgan fingerprint density at radius 3 is 2.30 bits per heavy atom. The SMILES string of the molecule is CC1CCC(O)(CN2CCC(C3(C)NC(=O)NC3=O)CC2)CC1. The van der Waals surface area contributed by atoms with Gasteiger partial charge in [0.25, 0.3) is 5.91 Å². The minimum Gasteiger partial charge on any atom is -0.389 e. The van der Waals surface area contributed by atoms with Gasteiger partial charge in [-0.05, 0) is 70.4 Å². The van der Waals surface area contributed by atoms with Gasteiger partial charge in [-0.3, -0.25) is 10.1 Å². The number of β-amino-alcohol motifs (C(OH)–C–C–N with tert-alkyl or cyclic N) is 1. The number of carbonyl (C=O) groups excluding carboxylic acids is 2. The molecule has 1 saturated carbocycles. The Morgan fingerprint density at radius 2 is 1.78 bits per heavy atom. The second kappa shape index (κ2) is 6.06. The molecule has 1 unspecified atom stereocenters. The molecule has 6 heteroatoms. The Labute approximate surface area is 138 Å². The summed E-state index contributed by atoms with van der Waals surface area (Å²) in [5.41, 5.74) is -1.32. The summed E-state index contributed by atoms with van der Waals surface area (Å²) in [5, 5.41) is 15.9. The molecule has 1 aliphatic carbocycles. The van der Waals surface area contributed by atoms with E-state index in [0.717, 1.165) is 64.1 Å². The van der Waals surface area contributed by atoms with E-state index in [0.29, 0.717) is 0 Å². The third-order valence-electron chi connectivity index (χ3n) is 6.20. The van der Waals surface area contributed by atoms with Gasteiger partial charge >= 0.3 is 6.03 Å². The molecular formula is C17H29N3O3. The quantitative estimate of drug-likeness (QED) is 0.683. The van der Waals surface area contributed by atoms with Crippen LogP contribution in [0.5, 0.6) is 0 Å². The van der Waals surface area contributed by atoms with Crippen LogP contribution < -0.4 is 10.6 Å². The second-order valence-electron chi connectivity index (χ2n) is 8.07.